The van der Waals surface area contributed by atoms with E-state index in [1.54, 1.807) is 12.1 Å². The van der Waals surface area contributed by atoms with Crippen LogP contribution < -0.4 is 56.8 Å². The third kappa shape index (κ3) is 11.4. The summed E-state index contributed by atoms with van der Waals surface area (Å²) < 4.78 is 89.3. The molecule has 0 heterocycles. The van der Waals surface area contributed by atoms with Crippen LogP contribution >= 0.6 is 0 Å². The van der Waals surface area contributed by atoms with E-state index >= 15 is 0 Å². The molecule has 0 aliphatic rings. The summed E-state index contributed by atoms with van der Waals surface area (Å²) >= 11 is 0. The molecule has 4 aromatic rings. The van der Waals surface area contributed by atoms with Gasteiger partial charge in [0.05, 0.1) is 109 Å². The third-order valence-corrected chi connectivity index (χ3v) is 9.32. The number of rotatable bonds is 24. The number of carbonyl (C=O) groups excluding carboxylic acids is 3. The Labute approximate surface area is 364 Å². The lowest BCUT2D eigenvalue weighted by molar-refractivity contribution is -0.0990. The first-order valence-corrected chi connectivity index (χ1v) is 18.8. The van der Waals surface area contributed by atoms with E-state index in [9.17, 15) is 14.4 Å². The molecule has 63 heavy (non-hydrogen) atoms. The summed E-state index contributed by atoms with van der Waals surface area (Å²) in [6.07, 6.45) is -2.81. The molecule has 2 atom stereocenters. The predicted molar refractivity (Wildman–Crippen MR) is 223 cm³/mol. The highest BCUT2D eigenvalue weighted by atomic mass is 16.6. The third-order valence-electron chi connectivity index (χ3n) is 9.32. The van der Waals surface area contributed by atoms with Gasteiger partial charge in [0.2, 0.25) is 23.0 Å². The van der Waals surface area contributed by atoms with Crippen LogP contribution in [0.5, 0.6) is 69.0 Å². The van der Waals surface area contributed by atoms with Crippen LogP contribution in [-0.4, -0.2) is 129 Å². The maximum atomic E-state index is 14.1. The molecule has 0 N–H and O–H groups in total. The SMILES string of the molecule is COc1cc(COC(COC(=O)c2cc(OC)c(OC)c(OC)c2)C(COC(=O)c2cc(OC)c(OC)c(OC)c2)OC(=O)c2cc(OC)c(OC)c(OC)c2)cc(OC)c1OC. The van der Waals surface area contributed by atoms with E-state index in [4.69, 9.17) is 75.8 Å². The second-order valence-corrected chi connectivity index (χ2v) is 12.8. The average molecular weight is 885 g/mol. The number of benzene rings is 4. The number of methoxy groups -OCH3 is 12. The van der Waals surface area contributed by atoms with Crippen LogP contribution in [0, 0.1) is 0 Å². The molecule has 0 spiro atoms. The van der Waals surface area contributed by atoms with Gasteiger partial charge in [0, 0.05) is 0 Å². The second-order valence-electron chi connectivity index (χ2n) is 12.8. The summed E-state index contributed by atoms with van der Waals surface area (Å²) in [5.74, 6) is 0.0831. The molecule has 342 valence electrons. The summed E-state index contributed by atoms with van der Waals surface area (Å²) in [5.41, 5.74) is 0.494. The van der Waals surface area contributed by atoms with Gasteiger partial charge in [0.25, 0.3) is 0 Å². The number of hydrogen-bond donors (Lipinski definition) is 0. The van der Waals surface area contributed by atoms with E-state index < -0.39 is 43.3 Å². The van der Waals surface area contributed by atoms with Gasteiger partial charge in [-0.1, -0.05) is 0 Å². The van der Waals surface area contributed by atoms with Gasteiger partial charge in [0.15, 0.2) is 52.1 Å². The van der Waals surface area contributed by atoms with Crippen LogP contribution in [0.4, 0.5) is 0 Å². The first-order chi connectivity index (χ1) is 30.4. The molecule has 0 aliphatic carbocycles. The smallest absolute Gasteiger partial charge is 0.338 e. The Hall–Kier alpha value is -7.15. The topological polar surface area (TPSA) is 199 Å². The Balaban J connectivity index is 1.81. The molecular weight excluding hydrogens is 832 g/mol. The van der Waals surface area contributed by atoms with Crippen LogP contribution in [0.2, 0.25) is 0 Å². The lowest BCUT2D eigenvalue weighted by atomic mass is 10.1. The Kier molecular flexibility index (Phi) is 17.8. The quantitative estimate of drug-likeness (QED) is 0.0620. The van der Waals surface area contributed by atoms with E-state index in [0.29, 0.717) is 22.8 Å². The molecule has 0 aliphatic heterocycles. The number of ether oxygens (including phenoxy) is 16. The minimum atomic E-state index is -1.47. The van der Waals surface area contributed by atoms with E-state index in [1.165, 1.54) is 122 Å². The zero-order valence-electron chi connectivity index (χ0n) is 37.2. The molecular formula is C44H52O19. The maximum Gasteiger partial charge on any atom is 0.338 e. The monoisotopic (exact) mass is 884 g/mol. The lowest BCUT2D eigenvalue weighted by Crippen LogP contribution is -2.41. The van der Waals surface area contributed by atoms with Crippen molar-refractivity contribution in [1.29, 1.82) is 0 Å². The fraction of sp³-hybridized carbons (Fsp3) is 0.386. The van der Waals surface area contributed by atoms with Gasteiger partial charge >= 0.3 is 17.9 Å². The fourth-order valence-corrected chi connectivity index (χ4v) is 6.19. The van der Waals surface area contributed by atoms with Crippen molar-refractivity contribution < 1.29 is 90.2 Å². The standard InChI is InChI=1S/C44H52O19/c1-48-28-13-24(14-29(49-2)38(28)56-9)21-60-36(22-61-42(45)25-15-30(50-3)39(57-10)31(16-25)51-4)37(63-44(47)27-19-34(54-7)41(59-12)35(20-27)55-8)23-62-43(46)26-17-32(52-5)40(58-11)33(18-26)53-6/h13-20,36-37H,21-23H2,1-12H3. The summed E-state index contributed by atoms with van der Waals surface area (Å²) in [4.78, 5) is 41.6. The molecule has 0 saturated heterocycles. The van der Waals surface area contributed by atoms with E-state index in [2.05, 4.69) is 0 Å². The summed E-state index contributed by atoms with van der Waals surface area (Å²) in [6, 6.07) is 11.6. The summed E-state index contributed by atoms with van der Waals surface area (Å²) in [6.45, 7) is -1.40. The predicted octanol–water partition coefficient (Wildman–Crippen LogP) is 5.61. The number of esters is 3. The highest BCUT2D eigenvalue weighted by Gasteiger charge is 2.32. The van der Waals surface area contributed by atoms with E-state index in [0.717, 1.165) is 0 Å². The number of hydrogen-bond acceptors (Lipinski definition) is 19. The van der Waals surface area contributed by atoms with Gasteiger partial charge in [-0.2, -0.15) is 0 Å². The van der Waals surface area contributed by atoms with Crippen molar-refractivity contribution in [2.75, 3.05) is 98.5 Å². The van der Waals surface area contributed by atoms with Crippen LogP contribution in [0.1, 0.15) is 36.6 Å². The van der Waals surface area contributed by atoms with Crippen molar-refractivity contribution in [3.8, 4) is 69.0 Å². The molecule has 0 radical (unpaired) electrons. The van der Waals surface area contributed by atoms with Crippen LogP contribution in [-0.2, 0) is 25.6 Å². The molecule has 19 nitrogen and oxygen atoms in total. The van der Waals surface area contributed by atoms with Gasteiger partial charge in [-0.15, -0.1) is 0 Å². The normalized spacial score (nSPS) is 11.5. The zero-order chi connectivity index (χ0) is 46.2. The van der Waals surface area contributed by atoms with E-state index in [1.807, 2.05) is 0 Å². The fourth-order valence-electron chi connectivity index (χ4n) is 6.19. The van der Waals surface area contributed by atoms with Gasteiger partial charge in [-0.25, -0.2) is 14.4 Å². The van der Waals surface area contributed by atoms with Crippen LogP contribution in [0.25, 0.3) is 0 Å². The van der Waals surface area contributed by atoms with Crippen molar-refractivity contribution in [3.05, 3.63) is 70.8 Å². The average Bonchev–Trinajstić information content (AvgIpc) is 3.32. The molecule has 0 saturated carbocycles. The highest BCUT2D eigenvalue weighted by molar-refractivity contribution is 5.93. The number of carbonyl (C=O) groups is 3. The Morgan fingerprint density at radius 1 is 0.365 bits per heavy atom. The molecule has 4 aromatic carbocycles. The van der Waals surface area contributed by atoms with Crippen molar-refractivity contribution in [3.63, 3.8) is 0 Å². The van der Waals surface area contributed by atoms with Gasteiger partial charge in [-0.05, 0) is 54.1 Å². The first-order valence-electron chi connectivity index (χ1n) is 18.8. The molecule has 19 heteroatoms. The van der Waals surface area contributed by atoms with Gasteiger partial charge in [-0.3, -0.25) is 0 Å². The highest BCUT2D eigenvalue weighted by Crippen LogP contribution is 2.42. The van der Waals surface area contributed by atoms with Crippen LogP contribution in [0.15, 0.2) is 48.5 Å². The molecule has 0 bridgehead atoms. The minimum absolute atomic E-state index is 0.00271. The Bertz CT molecular complexity index is 2100. The van der Waals surface area contributed by atoms with Gasteiger partial charge < -0.3 is 75.8 Å². The van der Waals surface area contributed by atoms with E-state index in [-0.39, 0.29) is 75.0 Å². The largest absolute Gasteiger partial charge is 0.493 e. The molecule has 0 fully saturated rings. The molecule has 0 amide bonds. The molecule has 4 rings (SSSR count). The summed E-state index contributed by atoms with van der Waals surface area (Å²) in [5, 5.41) is 0. The maximum absolute atomic E-state index is 14.1. The Morgan fingerprint density at radius 2 is 0.635 bits per heavy atom. The lowest BCUT2D eigenvalue weighted by Gasteiger charge is -2.27. The molecule has 0 aromatic heterocycles. The summed E-state index contributed by atoms with van der Waals surface area (Å²) in [7, 11) is 16.9. The van der Waals surface area contributed by atoms with Crippen molar-refractivity contribution >= 4 is 17.9 Å². The van der Waals surface area contributed by atoms with Crippen molar-refractivity contribution in [2.24, 2.45) is 0 Å². The second kappa shape index (κ2) is 23.2. The van der Waals surface area contributed by atoms with Gasteiger partial charge in [0.1, 0.15) is 19.3 Å². The van der Waals surface area contributed by atoms with Crippen molar-refractivity contribution in [1.82, 2.24) is 0 Å². The van der Waals surface area contributed by atoms with Crippen molar-refractivity contribution in [2.45, 2.75) is 18.8 Å². The Morgan fingerprint density at radius 3 is 0.921 bits per heavy atom. The molecule has 2 unspecified atom stereocenters. The minimum Gasteiger partial charge on any atom is -0.493 e. The zero-order valence-corrected chi connectivity index (χ0v) is 37.2. The van der Waals surface area contributed by atoms with Crippen LogP contribution in [0.3, 0.4) is 0 Å². The first kappa shape index (κ1) is 48.5.